The molecule has 0 atom stereocenters. The fourth-order valence-electron chi connectivity index (χ4n) is 1.88. The third-order valence-electron chi connectivity index (χ3n) is 2.78. The van der Waals surface area contributed by atoms with Crippen molar-refractivity contribution in [2.45, 2.75) is 9.79 Å². The number of rotatable bonds is 2. The summed E-state index contributed by atoms with van der Waals surface area (Å²) in [6.07, 6.45) is 0. The molecule has 116 valence electrons. The Hall–Kier alpha value is -2.46. The topological polar surface area (TPSA) is 177 Å². The van der Waals surface area contributed by atoms with Crippen LogP contribution in [0.3, 0.4) is 0 Å². The highest BCUT2D eigenvalue weighted by Crippen LogP contribution is 2.44. The molecule has 0 radical (unpaired) electrons. The standard InChI is InChI=1S/C10H6N2O8S2/c11-12-9-7(22(18,19)20)2-4-1-5(21(15,16)17)3-6(13)8(4)10(9)14/h1-3H,(H3-,13,14,15,16,17,18,19,20)/p+1. The molecule has 0 spiro atoms. The van der Waals surface area contributed by atoms with Crippen LogP contribution >= 0.6 is 0 Å². The second kappa shape index (κ2) is 4.78. The van der Waals surface area contributed by atoms with Gasteiger partial charge in [0.05, 0.1) is 10.3 Å². The van der Waals surface area contributed by atoms with E-state index in [-0.39, 0.29) is 5.39 Å². The lowest BCUT2D eigenvalue weighted by molar-refractivity contribution is 0.458. The van der Waals surface area contributed by atoms with Crippen molar-refractivity contribution in [3.05, 3.63) is 23.2 Å². The van der Waals surface area contributed by atoms with Crippen molar-refractivity contribution in [2.75, 3.05) is 0 Å². The Morgan fingerprint density at radius 2 is 1.55 bits per heavy atom. The van der Waals surface area contributed by atoms with Gasteiger partial charge in [-0.1, -0.05) is 0 Å². The van der Waals surface area contributed by atoms with E-state index in [1.54, 1.807) is 0 Å². The van der Waals surface area contributed by atoms with Crippen molar-refractivity contribution in [1.82, 2.24) is 0 Å². The first kappa shape index (κ1) is 15.9. The Morgan fingerprint density at radius 3 is 2.00 bits per heavy atom. The maximum atomic E-state index is 11.2. The number of hydrogen-bond donors (Lipinski definition) is 4. The van der Waals surface area contributed by atoms with Gasteiger partial charge in [-0.05, 0) is 17.5 Å². The molecule has 0 unspecified atom stereocenters. The molecule has 4 N–H and O–H groups in total. The van der Waals surface area contributed by atoms with Gasteiger partial charge in [-0.3, -0.25) is 9.11 Å². The molecule has 0 saturated heterocycles. The molecule has 2 aromatic rings. The molecule has 0 aliphatic heterocycles. The number of fused-ring (bicyclic) bond motifs is 1. The molecule has 0 bridgehead atoms. The maximum Gasteiger partial charge on any atom is 0.447 e. The molecular formula is C10H7N2O8S2+. The number of aromatic hydroxyl groups is 2. The number of nitrogens with zero attached hydrogens (tertiary/aromatic N) is 2. The van der Waals surface area contributed by atoms with Gasteiger partial charge in [0.25, 0.3) is 10.1 Å². The molecule has 2 rings (SSSR count). The van der Waals surface area contributed by atoms with Gasteiger partial charge in [0.1, 0.15) is 5.75 Å². The fourth-order valence-corrected chi connectivity index (χ4v) is 3.07. The molecule has 10 nitrogen and oxygen atoms in total. The van der Waals surface area contributed by atoms with Gasteiger partial charge in [0.15, 0.2) is 9.87 Å². The van der Waals surface area contributed by atoms with Gasteiger partial charge in [-0.2, -0.15) is 16.8 Å². The smallest absolute Gasteiger partial charge is 0.447 e. The van der Waals surface area contributed by atoms with E-state index in [1.165, 1.54) is 0 Å². The number of diazo groups is 1. The number of benzene rings is 2. The van der Waals surface area contributed by atoms with Gasteiger partial charge in [0.2, 0.25) is 11.1 Å². The second-order valence-electron chi connectivity index (χ2n) is 4.16. The van der Waals surface area contributed by atoms with E-state index in [9.17, 15) is 27.0 Å². The van der Waals surface area contributed by atoms with Crippen LogP contribution in [0.5, 0.6) is 11.5 Å². The minimum absolute atomic E-state index is 0.342. The van der Waals surface area contributed by atoms with Crippen molar-refractivity contribution in [1.29, 1.82) is 5.39 Å². The van der Waals surface area contributed by atoms with Crippen LogP contribution in [0.15, 0.2) is 28.0 Å². The van der Waals surface area contributed by atoms with Gasteiger partial charge < -0.3 is 10.2 Å². The van der Waals surface area contributed by atoms with Crippen LogP contribution in [0.4, 0.5) is 5.69 Å². The lowest BCUT2D eigenvalue weighted by Crippen LogP contribution is -2.00. The predicted molar refractivity (Wildman–Crippen MR) is 71.7 cm³/mol. The number of phenols is 2. The van der Waals surface area contributed by atoms with E-state index in [4.69, 9.17) is 14.5 Å². The quantitative estimate of drug-likeness (QED) is 0.459. The van der Waals surface area contributed by atoms with Crippen LogP contribution in [-0.2, 0) is 20.2 Å². The zero-order valence-electron chi connectivity index (χ0n) is 10.4. The molecule has 0 aromatic heterocycles. The highest BCUT2D eigenvalue weighted by Gasteiger charge is 2.32. The molecule has 0 saturated carbocycles. The van der Waals surface area contributed by atoms with E-state index in [0.29, 0.717) is 12.1 Å². The minimum atomic E-state index is -4.93. The Kier molecular flexibility index (Phi) is 3.46. The highest BCUT2D eigenvalue weighted by molar-refractivity contribution is 7.86. The molecule has 0 aliphatic carbocycles. The first-order valence-corrected chi connectivity index (χ1v) is 8.17. The lowest BCUT2D eigenvalue weighted by Gasteiger charge is -2.06. The Balaban J connectivity index is 3.09. The summed E-state index contributed by atoms with van der Waals surface area (Å²) < 4.78 is 62.6. The minimum Gasteiger partial charge on any atom is -0.507 e. The first-order chi connectivity index (χ1) is 9.96. The normalized spacial score (nSPS) is 12.2. The molecular weight excluding hydrogens is 340 g/mol. The molecule has 0 fully saturated rings. The number of hydrogen-bond acceptors (Lipinski definition) is 7. The summed E-state index contributed by atoms with van der Waals surface area (Å²) in [6.45, 7) is 0. The van der Waals surface area contributed by atoms with Gasteiger partial charge >= 0.3 is 15.8 Å². The van der Waals surface area contributed by atoms with Crippen molar-refractivity contribution >= 4 is 36.7 Å². The Bertz CT molecular complexity index is 1050. The number of phenolic OH excluding ortho intramolecular Hbond substituents is 2. The summed E-state index contributed by atoms with van der Waals surface area (Å²) in [5.41, 5.74) is -0.940. The van der Waals surface area contributed by atoms with Crippen molar-refractivity contribution < 1.29 is 36.2 Å². The molecule has 2 aromatic carbocycles. The van der Waals surface area contributed by atoms with Gasteiger partial charge in [-0.25, -0.2) is 0 Å². The van der Waals surface area contributed by atoms with Crippen molar-refractivity contribution in [3.63, 3.8) is 0 Å². The van der Waals surface area contributed by atoms with E-state index in [0.717, 1.165) is 6.07 Å². The average molecular weight is 347 g/mol. The highest BCUT2D eigenvalue weighted by atomic mass is 32.2. The summed E-state index contributed by atoms with van der Waals surface area (Å²) in [6, 6.07) is 2.01. The summed E-state index contributed by atoms with van der Waals surface area (Å²) in [5.74, 6) is -1.83. The summed E-state index contributed by atoms with van der Waals surface area (Å²) in [4.78, 5) is 0.738. The van der Waals surface area contributed by atoms with E-state index in [1.807, 2.05) is 0 Å². The largest absolute Gasteiger partial charge is 0.507 e. The van der Waals surface area contributed by atoms with Crippen LogP contribution < -0.4 is 0 Å². The van der Waals surface area contributed by atoms with Crippen molar-refractivity contribution in [2.24, 2.45) is 0 Å². The molecule has 12 heteroatoms. The van der Waals surface area contributed by atoms with Crippen LogP contribution in [0.1, 0.15) is 0 Å². The summed E-state index contributed by atoms with van der Waals surface area (Å²) >= 11 is 0. The fraction of sp³-hybridized carbons (Fsp3) is 0. The van der Waals surface area contributed by atoms with Gasteiger partial charge in [0, 0.05) is 6.07 Å². The van der Waals surface area contributed by atoms with Crippen LogP contribution in [0, 0.1) is 5.39 Å². The first-order valence-electron chi connectivity index (χ1n) is 5.29. The molecule has 0 heterocycles. The average Bonchev–Trinajstić information content (AvgIpc) is 2.35. The van der Waals surface area contributed by atoms with E-state index in [2.05, 4.69) is 4.98 Å². The molecule has 0 aliphatic rings. The van der Waals surface area contributed by atoms with Crippen LogP contribution in [0.2, 0.25) is 0 Å². The summed E-state index contributed by atoms with van der Waals surface area (Å²) in [7, 11) is -9.65. The Labute approximate surface area is 123 Å². The second-order valence-corrected chi connectivity index (χ2v) is 6.97. The molecule has 0 amide bonds. The van der Waals surface area contributed by atoms with E-state index >= 15 is 0 Å². The SMILES string of the molecule is N#[N+]c1c(S(=O)(=O)O)cc2cc(S(=O)(=O)O)cc(O)c2c1O. The lowest BCUT2D eigenvalue weighted by atomic mass is 10.1. The zero-order valence-corrected chi connectivity index (χ0v) is 12.0. The third-order valence-corrected chi connectivity index (χ3v) is 4.48. The molecule has 22 heavy (non-hydrogen) atoms. The zero-order chi connectivity index (χ0) is 16.9. The van der Waals surface area contributed by atoms with Crippen LogP contribution in [-0.4, -0.2) is 36.2 Å². The Morgan fingerprint density at radius 1 is 0.955 bits per heavy atom. The van der Waals surface area contributed by atoms with Crippen molar-refractivity contribution in [3.8, 4) is 11.5 Å². The van der Waals surface area contributed by atoms with E-state index < -0.39 is 52.6 Å². The van der Waals surface area contributed by atoms with Gasteiger partial charge in [-0.15, -0.1) is 0 Å². The van der Waals surface area contributed by atoms with Crippen LogP contribution in [0.25, 0.3) is 15.7 Å². The summed E-state index contributed by atoms with van der Waals surface area (Å²) in [5, 5.41) is 27.6. The monoisotopic (exact) mass is 347 g/mol. The maximum absolute atomic E-state index is 11.2. The predicted octanol–water partition coefficient (Wildman–Crippen LogP) is 1.23. The third kappa shape index (κ3) is 2.53.